The summed E-state index contributed by atoms with van der Waals surface area (Å²) in [5.41, 5.74) is 7.21. The number of aliphatic carboxylic acids is 2. The second-order valence-corrected chi connectivity index (χ2v) is 4.32. The van der Waals surface area contributed by atoms with Crippen molar-refractivity contribution in [2.75, 3.05) is 5.75 Å². The predicted molar refractivity (Wildman–Crippen MR) is 70.8 cm³/mol. The Bertz CT molecular complexity index is 402. The summed E-state index contributed by atoms with van der Waals surface area (Å²) < 4.78 is 0. The largest absolute Gasteiger partial charge is 0.480 e. The lowest BCUT2D eigenvalue weighted by molar-refractivity contribution is -0.155. The number of nitrogens with zero attached hydrogens (tertiary/aromatic N) is 1. The molecule has 9 nitrogen and oxygen atoms in total. The minimum Gasteiger partial charge on any atom is -0.480 e. The number of primary amides is 1. The summed E-state index contributed by atoms with van der Waals surface area (Å²) in [5, 5.41) is 18.6. The van der Waals surface area contributed by atoms with Gasteiger partial charge < -0.3 is 15.9 Å². The number of hydrogen-bond donors (Lipinski definition) is 5. The fraction of sp³-hybridized carbons (Fsp3) is 0.600. The molecule has 114 valence electrons. The van der Waals surface area contributed by atoms with Crippen LogP contribution in [0.2, 0.25) is 0 Å². The lowest BCUT2D eigenvalue weighted by atomic mass is 10.1. The molecule has 0 saturated carbocycles. The number of hydrogen-bond acceptors (Lipinski definition) is 6. The molecule has 0 aromatic heterocycles. The predicted octanol–water partition coefficient (Wildman–Crippen LogP) is -1.56. The summed E-state index contributed by atoms with van der Waals surface area (Å²) in [7, 11) is 0. The van der Waals surface area contributed by atoms with Crippen LogP contribution in [0.3, 0.4) is 0 Å². The lowest BCUT2D eigenvalue weighted by Crippen LogP contribution is -2.58. The van der Waals surface area contributed by atoms with E-state index in [-0.39, 0.29) is 18.6 Å². The van der Waals surface area contributed by atoms with Crippen molar-refractivity contribution in [3.05, 3.63) is 0 Å². The molecule has 0 bridgehead atoms. The van der Waals surface area contributed by atoms with Gasteiger partial charge in [0.25, 0.3) is 0 Å². The highest BCUT2D eigenvalue weighted by molar-refractivity contribution is 7.80. The maximum atomic E-state index is 11.4. The van der Waals surface area contributed by atoms with Crippen LogP contribution in [-0.2, 0) is 19.2 Å². The zero-order chi connectivity index (χ0) is 15.9. The summed E-state index contributed by atoms with van der Waals surface area (Å²) in [4.78, 5) is 44.1. The molecule has 0 aliphatic carbocycles. The standard InChI is InChI=1S/C10H17N3O6S/c1-5(14)13(7(4-20)10(18)19)12-6(9(16)17)2-3-8(11)15/h6-7,12,20H,2-4H2,1H3,(H2,11,15)(H,16,17)(H,18,19)/t6-,7-/m0/s1. The Morgan fingerprint density at radius 2 is 1.80 bits per heavy atom. The van der Waals surface area contributed by atoms with Crippen LogP contribution < -0.4 is 11.2 Å². The molecular formula is C10H17N3O6S. The highest BCUT2D eigenvalue weighted by Gasteiger charge is 2.30. The SMILES string of the molecule is CC(=O)N(N[C@@H](CCC(N)=O)C(=O)O)[C@@H](CS)C(=O)O. The first-order valence-corrected chi connectivity index (χ1v) is 6.24. The van der Waals surface area contributed by atoms with E-state index in [1.54, 1.807) is 0 Å². The van der Waals surface area contributed by atoms with E-state index < -0.39 is 35.8 Å². The second-order valence-electron chi connectivity index (χ2n) is 3.95. The number of hydrazine groups is 1. The number of carbonyl (C=O) groups excluding carboxylic acids is 2. The van der Waals surface area contributed by atoms with E-state index in [0.29, 0.717) is 5.01 Å². The highest BCUT2D eigenvalue weighted by atomic mass is 32.1. The first-order valence-electron chi connectivity index (χ1n) is 5.61. The molecule has 2 atom stereocenters. The summed E-state index contributed by atoms with van der Waals surface area (Å²) >= 11 is 3.81. The molecule has 0 rings (SSSR count). The Hall–Kier alpha value is -1.81. The molecule has 0 heterocycles. The van der Waals surface area contributed by atoms with Crippen LogP contribution in [0.5, 0.6) is 0 Å². The molecule has 5 N–H and O–H groups in total. The fourth-order valence-electron chi connectivity index (χ4n) is 1.37. The Balaban J connectivity index is 5.00. The second kappa shape index (κ2) is 8.38. The van der Waals surface area contributed by atoms with Crippen LogP contribution in [0.4, 0.5) is 0 Å². The number of carboxylic acid groups (broad SMARTS) is 2. The van der Waals surface area contributed by atoms with Gasteiger partial charge in [-0.2, -0.15) is 12.6 Å². The third-order valence-corrected chi connectivity index (χ3v) is 2.73. The normalized spacial score (nSPS) is 13.3. The monoisotopic (exact) mass is 307 g/mol. The van der Waals surface area contributed by atoms with E-state index in [1.807, 2.05) is 0 Å². The zero-order valence-corrected chi connectivity index (χ0v) is 11.7. The van der Waals surface area contributed by atoms with Gasteiger partial charge in [-0.25, -0.2) is 10.2 Å². The number of nitrogens with two attached hydrogens (primary N) is 1. The first kappa shape index (κ1) is 18.2. The van der Waals surface area contributed by atoms with Crippen LogP contribution in [0.15, 0.2) is 0 Å². The average molecular weight is 307 g/mol. The molecular weight excluding hydrogens is 290 g/mol. The minimum absolute atomic E-state index is 0.173. The van der Waals surface area contributed by atoms with Crippen molar-refractivity contribution in [3.63, 3.8) is 0 Å². The molecule has 0 unspecified atom stereocenters. The van der Waals surface area contributed by atoms with Gasteiger partial charge in [-0.3, -0.25) is 19.4 Å². The quantitative estimate of drug-likeness (QED) is 0.255. The maximum Gasteiger partial charge on any atom is 0.328 e. The van der Waals surface area contributed by atoms with Gasteiger partial charge in [-0.05, 0) is 6.42 Å². The summed E-state index contributed by atoms with van der Waals surface area (Å²) in [6.45, 7) is 1.08. The molecule has 10 heteroatoms. The Labute approximate surface area is 120 Å². The van der Waals surface area contributed by atoms with Gasteiger partial charge in [0.05, 0.1) is 0 Å². The van der Waals surface area contributed by atoms with Gasteiger partial charge in [0.1, 0.15) is 6.04 Å². The highest BCUT2D eigenvalue weighted by Crippen LogP contribution is 2.05. The summed E-state index contributed by atoms with van der Waals surface area (Å²) in [6.07, 6.45) is -0.387. The van der Waals surface area contributed by atoms with Gasteiger partial charge in [-0.15, -0.1) is 0 Å². The molecule has 0 radical (unpaired) electrons. The van der Waals surface area contributed by atoms with Crippen LogP contribution in [0.25, 0.3) is 0 Å². The summed E-state index contributed by atoms with van der Waals surface area (Å²) in [6, 6.07) is -2.64. The molecule has 0 spiro atoms. The molecule has 0 saturated heterocycles. The van der Waals surface area contributed by atoms with Gasteiger partial charge >= 0.3 is 11.9 Å². The molecule has 2 amide bonds. The molecule has 0 aromatic carbocycles. The Morgan fingerprint density at radius 1 is 1.25 bits per heavy atom. The fourth-order valence-corrected chi connectivity index (χ4v) is 1.69. The molecule has 0 aliphatic heterocycles. The van der Waals surface area contributed by atoms with Gasteiger partial charge in [0.15, 0.2) is 6.04 Å². The summed E-state index contributed by atoms with van der Waals surface area (Å²) in [5.74, 6) is -4.25. The van der Waals surface area contributed by atoms with Crippen LogP contribution in [0, 0.1) is 0 Å². The minimum atomic E-state index is -1.33. The van der Waals surface area contributed by atoms with Gasteiger partial charge in [-0.1, -0.05) is 0 Å². The van der Waals surface area contributed by atoms with E-state index in [1.165, 1.54) is 0 Å². The van der Waals surface area contributed by atoms with Crippen molar-refractivity contribution in [1.82, 2.24) is 10.4 Å². The van der Waals surface area contributed by atoms with Gasteiger partial charge in [0.2, 0.25) is 11.8 Å². The molecule has 0 fully saturated rings. The number of carboxylic acids is 2. The van der Waals surface area contributed by atoms with E-state index in [4.69, 9.17) is 15.9 Å². The topological polar surface area (TPSA) is 150 Å². The van der Waals surface area contributed by atoms with Crippen molar-refractivity contribution in [1.29, 1.82) is 0 Å². The van der Waals surface area contributed by atoms with E-state index in [0.717, 1.165) is 6.92 Å². The number of rotatable bonds is 9. The lowest BCUT2D eigenvalue weighted by Gasteiger charge is -2.30. The smallest absolute Gasteiger partial charge is 0.328 e. The van der Waals surface area contributed by atoms with Crippen molar-refractivity contribution in [2.45, 2.75) is 31.8 Å². The molecule has 20 heavy (non-hydrogen) atoms. The van der Waals surface area contributed by atoms with Crippen LogP contribution >= 0.6 is 12.6 Å². The van der Waals surface area contributed by atoms with E-state index in [9.17, 15) is 19.2 Å². The van der Waals surface area contributed by atoms with Crippen LogP contribution in [-0.4, -0.2) is 56.8 Å². The van der Waals surface area contributed by atoms with Crippen molar-refractivity contribution >= 4 is 36.4 Å². The first-order chi connectivity index (χ1) is 9.20. The number of amides is 2. The third-order valence-electron chi connectivity index (χ3n) is 2.38. The van der Waals surface area contributed by atoms with Crippen molar-refractivity contribution < 1.29 is 29.4 Å². The maximum absolute atomic E-state index is 11.4. The number of thiol groups is 1. The van der Waals surface area contributed by atoms with Crippen LogP contribution in [0.1, 0.15) is 19.8 Å². The van der Waals surface area contributed by atoms with Crippen molar-refractivity contribution in [2.24, 2.45) is 5.73 Å². The third kappa shape index (κ3) is 5.89. The van der Waals surface area contributed by atoms with E-state index >= 15 is 0 Å². The Kier molecular flexibility index (Phi) is 7.62. The van der Waals surface area contributed by atoms with Gasteiger partial charge in [0, 0.05) is 19.1 Å². The number of carbonyl (C=O) groups is 4. The van der Waals surface area contributed by atoms with Crippen molar-refractivity contribution in [3.8, 4) is 0 Å². The molecule has 0 aliphatic rings. The molecule has 0 aromatic rings. The van der Waals surface area contributed by atoms with E-state index in [2.05, 4.69) is 18.1 Å². The zero-order valence-electron chi connectivity index (χ0n) is 10.8. The number of nitrogens with one attached hydrogen (secondary N) is 1. The Morgan fingerprint density at radius 3 is 2.10 bits per heavy atom. The average Bonchev–Trinajstić information content (AvgIpc) is 2.31.